The highest BCUT2D eigenvalue weighted by Gasteiger charge is 1.94. The Morgan fingerprint density at radius 3 is 2.69 bits per heavy atom. The van der Waals surface area contributed by atoms with Gasteiger partial charge in [0.2, 0.25) is 0 Å². The molecular weight excluding hydrogens is 311 g/mol. The lowest BCUT2D eigenvalue weighted by molar-refractivity contribution is 1.01. The predicted molar refractivity (Wildman–Crippen MR) is 75.6 cm³/mol. The van der Waals surface area contributed by atoms with Crippen LogP contribution in [0.4, 0.5) is 5.69 Å². The number of hydrogen-bond donors (Lipinski definition) is 1. The minimum atomic E-state index is 0.949. The molecule has 0 aliphatic rings. The third kappa shape index (κ3) is 3.48. The summed E-state index contributed by atoms with van der Waals surface area (Å²) in [5, 5.41) is 3.41. The predicted octanol–water partition coefficient (Wildman–Crippen LogP) is 3.34. The van der Waals surface area contributed by atoms with Gasteiger partial charge in [-0.25, -0.2) is 0 Å². The van der Waals surface area contributed by atoms with Gasteiger partial charge in [-0.05, 0) is 64.9 Å². The van der Waals surface area contributed by atoms with Gasteiger partial charge in [0.15, 0.2) is 0 Å². The van der Waals surface area contributed by atoms with Crippen LogP contribution >= 0.6 is 22.6 Å². The zero-order valence-electron chi connectivity index (χ0n) is 8.86. The lowest BCUT2D eigenvalue weighted by atomic mass is 10.2. The monoisotopic (exact) mass is 324 g/mol. The second-order valence-electron chi connectivity index (χ2n) is 3.54. The molecule has 1 N–H and O–H groups in total. The van der Waals surface area contributed by atoms with Crippen molar-refractivity contribution in [3.63, 3.8) is 0 Å². The second kappa shape index (κ2) is 5.84. The van der Waals surface area contributed by atoms with Crippen LogP contribution in [0.25, 0.3) is 0 Å². The zero-order chi connectivity index (χ0) is 11.2. The molecule has 1 aromatic heterocycles. The van der Waals surface area contributed by atoms with Gasteiger partial charge < -0.3 is 5.32 Å². The molecule has 1 heterocycles. The molecule has 0 atom stereocenters. The van der Waals surface area contributed by atoms with E-state index in [1.807, 2.05) is 12.4 Å². The van der Waals surface area contributed by atoms with Gasteiger partial charge in [-0.2, -0.15) is 0 Å². The summed E-state index contributed by atoms with van der Waals surface area (Å²) in [5.41, 5.74) is 2.49. The average Bonchev–Trinajstić information content (AvgIpc) is 2.30. The number of aromatic nitrogens is 1. The van der Waals surface area contributed by atoms with E-state index in [0.717, 1.165) is 13.0 Å². The Morgan fingerprint density at radius 1 is 1.12 bits per heavy atom. The Morgan fingerprint density at radius 2 is 1.94 bits per heavy atom. The molecule has 2 rings (SSSR count). The molecule has 0 saturated carbocycles. The molecular formula is C13H13IN2. The van der Waals surface area contributed by atoms with Gasteiger partial charge in [0, 0.05) is 28.2 Å². The molecule has 2 aromatic rings. The Kier molecular flexibility index (Phi) is 4.16. The van der Waals surface area contributed by atoms with Crippen molar-refractivity contribution >= 4 is 28.3 Å². The Bertz CT molecular complexity index is 443. The van der Waals surface area contributed by atoms with Crippen molar-refractivity contribution in [2.24, 2.45) is 0 Å². The second-order valence-corrected chi connectivity index (χ2v) is 4.79. The van der Waals surface area contributed by atoms with Crippen molar-refractivity contribution in [1.29, 1.82) is 0 Å². The van der Waals surface area contributed by atoms with Crippen LogP contribution in [0.15, 0.2) is 48.8 Å². The summed E-state index contributed by atoms with van der Waals surface area (Å²) < 4.78 is 1.26. The zero-order valence-corrected chi connectivity index (χ0v) is 11.0. The third-order valence-corrected chi connectivity index (χ3v) is 2.99. The van der Waals surface area contributed by atoms with Gasteiger partial charge in [-0.3, -0.25) is 4.98 Å². The number of hydrogen-bond acceptors (Lipinski definition) is 2. The summed E-state index contributed by atoms with van der Waals surface area (Å²) >= 11 is 2.32. The smallest absolute Gasteiger partial charge is 0.0350 e. The van der Waals surface area contributed by atoms with Crippen LogP contribution in [0.5, 0.6) is 0 Å². The minimum Gasteiger partial charge on any atom is -0.385 e. The van der Waals surface area contributed by atoms with E-state index in [1.54, 1.807) is 0 Å². The first-order chi connectivity index (χ1) is 7.84. The van der Waals surface area contributed by atoms with Gasteiger partial charge in [-0.1, -0.05) is 6.07 Å². The highest BCUT2D eigenvalue weighted by atomic mass is 127. The molecule has 0 unspecified atom stereocenters. The first-order valence-electron chi connectivity index (χ1n) is 5.23. The molecule has 0 fully saturated rings. The lowest BCUT2D eigenvalue weighted by Gasteiger charge is -2.06. The van der Waals surface area contributed by atoms with Crippen molar-refractivity contribution in [2.45, 2.75) is 6.42 Å². The molecule has 0 saturated heterocycles. The highest BCUT2D eigenvalue weighted by Crippen LogP contribution is 2.12. The molecule has 2 nitrogen and oxygen atoms in total. The number of nitrogens with one attached hydrogen (secondary N) is 1. The van der Waals surface area contributed by atoms with E-state index in [9.17, 15) is 0 Å². The molecule has 0 aliphatic heterocycles. The molecule has 82 valence electrons. The molecule has 3 heteroatoms. The molecule has 1 aromatic carbocycles. The Labute approximate surface area is 109 Å². The summed E-state index contributed by atoms with van der Waals surface area (Å²) in [4.78, 5) is 4.00. The number of rotatable bonds is 4. The summed E-state index contributed by atoms with van der Waals surface area (Å²) in [6, 6.07) is 12.5. The van der Waals surface area contributed by atoms with Crippen LogP contribution in [0, 0.1) is 3.57 Å². The van der Waals surface area contributed by atoms with Crippen molar-refractivity contribution < 1.29 is 0 Å². The van der Waals surface area contributed by atoms with Gasteiger partial charge in [0.1, 0.15) is 0 Å². The number of benzene rings is 1. The molecule has 16 heavy (non-hydrogen) atoms. The van der Waals surface area contributed by atoms with Crippen LogP contribution < -0.4 is 5.32 Å². The SMILES string of the molecule is Ic1cccc(NCCc2ccncc2)c1. The van der Waals surface area contributed by atoms with Gasteiger partial charge in [0.25, 0.3) is 0 Å². The first-order valence-corrected chi connectivity index (χ1v) is 6.31. The maximum Gasteiger partial charge on any atom is 0.0350 e. The first kappa shape index (κ1) is 11.4. The van der Waals surface area contributed by atoms with E-state index in [2.05, 4.69) is 69.3 Å². The van der Waals surface area contributed by atoms with E-state index in [1.165, 1.54) is 14.8 Å². The van der Waals surface area contributed by atoms with Crippen LogP contribution in [-0.4, -0.2) is 11.5 Å². The van der Waals surface area contributed by atoms with Crippen LogP contribution in [-0.2, 0) is 6.42 Å². The molecule has 0 amide bonds. The largest absolute Gasteiger partial charge is 0.385 e. The topological polar surface area (TPSA) is 24.9 Å². The average molecular weight is 324 g/mol. The van der Waals surface area contributed by atoms with Crippen molar-refractivity contribution in [1.82, 2.24) is 4.98 Å². The molecule has 0 bridgehead atoms. The maximum absolute atomic E-state index is 4.00. The number of nitrogens with zero attached hydrogens (tertiary/aromatic N) is 1. The Hall–Kier alpha value is -1.10. The van der Waals surface area contributed by atoms with E-state index in [4.69, 9.17) is 0 Å². The quantitative estimate of drug-likeness (QED) is 0.873. The van der Waals surface area contributed by atoms with Crippen molar-refractivity contribution in [3.8, 4) is 0 Å². The summed E-state index contributed by atoms with van der Waals surface area (Å²) in [6.07, 6.45) is 4.69. The fourth-order valence-corrected chi connectivity index (χ4v) is 2.04. The van der Waals surface area contributed by atoms with Gasteiger partial charge in [-0.15, -0.1) is 0 Å². The maximum atomic E-state index is 4.00. The summed E-state index contributed by atoms with van der Waals surface area (Å²) in [5.74, 6) is 0. The number of anilines is 1. The number of pyridine rings is 1. The summed E-state index contributed by atoms with van der Waals surface area (Å²) in [7, 11) is 0. The number of halogens is 1. The molecule has 0 spiro atoms. The fraction of sp³-hybridized carbons (Fsp3) is 0.154. The Balaban J connectivity index is 1.85. The van der Waals surface area contributed by atoms with Crippen LogP contribution in [0.3, 0.4) is 0 Å². The lowest BCUT2D eigenvalue weighted by Crippen LogP contribution is -2.04. The standard InChI is InChI=1S/C13H13IN2/c14-12-2-1-3-13(10-12)16-9-6-11-4-7-15-8-5-11/h1-5,7-8,10,16H,6,9H2. The molecule has 0 radical (unpaired) electrons. The fourth-order valence-electron chi connectivity index (χ4n) is 1.50. The van der Waals surface area contributed by atoms with Crippen molar-refractivity contribution in [2.75, 3.05) is 11.9 Å². The van der Waals surface area contributed by atoms with E-state index in [0.29, 0.717) is 0 Å². The van der Waals surface area contributed by atoms with E-state index >= 15 is 0 Å². The van der Waals surface area contributed by atoms with E-state index < -0.39 is 0 Å². The van der Waals surface area contributed by atoms with E-state index in [-0.39, 0.29) is 0 Å². The highest BCUT2D eigenvalue weighted by molar-refractivity contribution is 14.1. The minimum absolute atomic E-state index is 0.949. The third-order valence-electron chi connectivity index (χ3n) is 2.32. The van der Waals surface area contributed by atoms with Crippen LogP contribution in [0.2, 0.25) is 0 Å². The van der Waals surface area contributed by atoms with Gasteiger partial charge in [0.05, 0.1) is 0 Å². The van der Waals surface area contributed by atoms with Crippen molar-refractivity contribution in [3.05, 3.63) is 57.9 Å². The van der Waals surface area contributed by atoms with Gasteiger partial charge >= 0.3 is 0 Å². The normalized spacial score (nSPS) is 10.1. The van der Waals surface area contributed by atoms with Crippen LogP contribution in [0.1, 0.15) is 5.56 Å². The summed E-state index contributed by atoms with van der Waals surface area (Å²) in [6.45, 7) is 0.949. The molecule has 0 aliphatic carbocycles.